The summed E-state index contributed by atoms with van der Waals surface area (Å²) >= 11 is 0. The predicted molar refractivity (Wildman–Crippen MR) is 92.2 cm³/mol. The Labute approximate surface area is 135 Å². The van der Waals surface area contributed by atoms with E-state index in [1.54, 1.807) is 6.07 Å². The van der Waals surface area contributed by atoms with E-state index in [0.29, 0.717) is 0 Å². The largest absolute Gasteiger partial charge is 0.367 e. The van der Waals surface area contributed by atoms with Crippen molar-refractivity contribution < 1.29 is 4.39 Å². The van der Waals surface area contributed by atoms with Crippen LogP contribution >= 0.6 is 0 Å². The van der Waals surface area contributed by atoms with Gasteiger partial charge in [-0.05, 0) is 29.7 Å². The highest BCUT2D eigenvalue weighted by Gasteiger charge is 2.19. The van der Waals surface area contributed by atoms with E-state index in [1.165, 1.54) is 22.7 Å². The van der Waals surface area contributed by atoms with Gasteiger partial charge in [-0.2, -0.15) is 0 Å². The minimum Gasteiger partial charge on any atom is -0.367 e. The standard InChI is InChI=1S/C19H20FN3/c20-17-6-2-4-8-19(17)23-11-9-22(10-12-23)14-16-13-15-5-1-3-7-18(15)21-16/h1-8,13,21H,9-12,14H2. The molecule has 3 aromatic rings. The van der Waals surface area contributed by atoms with Gasteiger partial charge in [-0.25, -0.2) is 4.39 Å². The monoisotopic (exact) mass is 309 g/mol. The molecule has 2 aromatic carbocycles. The van der Waals surface area contributed by atoms with Crippen molar-refractivity contribution in [3.63, 3.8) is 0 Å². The molecule has 1 saturated heterocycles. The van der Waals surface area contributed by atoms with Gasteiger partial charge >= 0.3 is 0 Å². The van der Waals surface area contributed by atoms with Crippen LogP contribution in [0.5, 0.6) is 0 Å². The summed E-state index contributed by atoms with van der Waals surface area (Å²) < 4.78 is 13.9. The number of anilines is 1. The maximum Gasteiger partial charge on any atom is 0.146 e. The number of piperazine rings is 1. The number of para-hydroxylation sites is 2. The zero-order valence-corrected chi connectivity index (χ0v) is 13.0. The van der Waals surface area contributed by atoms with Gasteiger partial charge in [-0.3, -0.25) is 4.90 Å². The third kappa shape index (κ3) is 2.94. The lowest BCUT2D eigenvalue weighted by atomic mass is 10.2. The van der Waals surface area contributed by atoms with Gasteiger partial charge in [-0.15, -0.1) is 0 Å². The lowest BCUT2D eigenvalue weighted by Crippen LogP contribution is -2.46. The summed E-state index contributed by atoms with van der Waals surface area (Å²) in [6.45, 7) is 4.54. The minimum atomic E-state index is -0.128. The predicted octanol–water partition coefficient (Wildman–Crippen LogP) is 3.63. The zero-order valence-electron chi connectivity index (χ0n) is 13.0. The number of hydrogen-bond acceptors (Lipinski definition) is 2. The Balaban J connectivity index is 1.41. The summed E-state index contributed by atoms with van der Waals surface area (Å²) in [4.78, 5) is 8.03. The Hall–Kier alpha value is -2.33. The fourth-order valence-electron chi connectivity index (χ4n) is 3.31. The van der Waals surface area contributed by atoms with Gasteiger partial charge in [-0.1, -0.05) is 30.3 Å². The summed E-state index contributed by atoms with van der Waals surface area (Å²) in [7, 11) is 0. The van der Waals surface area contributed by atoms with Crippen molar-refractivity contribution in [2.24, 2.45) is 0 Å². The summed E-state index contributed by atoms with van der Waals surface area (Å²) in [6.07, 6.45) is 0. The van der Waals surface area contributed by atoms with Crippen LogP contribution < -0.4 is 4.90 Å². The Bertz CT molecular complexity index is 770. The molecule has 1 aliphatic heterocycles. The van der Waals surface area contributed by atoms with E-state index in [9.17, 15) is 4.39 Å². The molecule has 2 heterocycles. The van der Waals surface area contributed by atoms with Crippen molar-refractivity contribution in [1.82, 2.24) is 9.88 Å². The Morgan fingerprint density at radius 1 is 0.913 bits per heavy atom. The molecule has 118 valence electrons. The minimum absolute atomic E-state index is 0.128. The van der Waals surface area contributed by atoms with E-state index < -0.39 is 0 Å². The fraction of sp³-hybridized carbons (Fsp3) is 0.263. The quantitative estimate of drug-likeness (QED) is 0.798. The fourth-order valence-corrected chi connectivity index (χ4v) is 3.31. The van der Waals surface area contributed by atoms with Crippen molar-refractivity contribution in [3.8, 4) is 0 Å². The lowest BCUT2D eigenvalue weighted by Gasteiger charge is -2.36. The van der Waals surface area contributed by atoms with Crippen molar-refractivity contribution in [3.05, 3.63) is 66.1 Å². The number of fused-ring (bicyclic) bond motifs is 1. The SMILES string of the molecule is Fc1ccccc1N1CCN(Cc2cc3ccccc3[nH]2)CC1. The van der Waals surface area contributed by atoms with Crippen LogP contribution in [-0.2, 0) is 6.54 Å². The molecule has 4 heteroatoms. The number of H-pyrrole nitrogens is 1. The Morgan fingerprint density at radius 2 is 1.65 bits per heavy atom. The topological polar surface area (TPSA) is 22.3 Å². The van der Waals surface area contributed by atoms with Crippen LogP contribution in [0.15, 0.2) is 54.6 Å². The Morgan fingerprint density at radius 3 is 2.43 bits per heavy atom. The second kappa shape index (κ2) is 6.05. The number of hydrogen-bond donors (Lipinski definition) is 1. The first kappa shape index (κ1) is 14.3. The highest BCUT2D eigenvalue weighted by Crippen LogP contribution is 2.21. The van der Waals surface area contributed by atoms with E-state index in [0.717, 1.165) is 38.4 Å². The van der Waals surface area contributed by atoms with Crippen LogP contribution in [0, 0.1) is 5.82 Å². The van der Waals surface area contributed by atoms with Gasteiger partial charge < -0.3 is 9.88 Å². The first-order valence-corrected chi connectivity index (χ1v) is 8.08. The molecule has 1 N–H and O–H groups in total. The summed E-state index contributed by atoms with van der Waals surface area (Å²) in [6, 6.07) is 17.6. The van der Waals surface area contributed by atoms with Crippen LogP contribution in [0.25, 0.3) is 10.9 Å². The summed E-state index contributed by atoms with van der Waals surface area (Å²) in [5.74, 6) is -0.128. The van der Waals surface area contributed by atoms with E-state index in [2.05, 4.69) is 45.1 Å². The van der Waals surface area contributed by atoms with E-state index in [1.807, 2.05) is 12.1 Å². The molecule has 3 nitrogen and oxygen atoms in total. The molecule has 1 aromatic heterocycles. The van der Waals surface area contributed by atoms with Crippen LogP contribution in [0.1, 0.15) is 5.69 Å². The molecule has 0 bridgehead atoms. The van der Waals surface area contributed by atoms with Crippen molar-refractivity contribution >= 4 is 16.6 Å². The number of aromatic amines is 1. The smallest absolute Gasteiger partial charge is 0.146 e. The van der Waals surface area contributed by atoms with Crippen LogP contribution in [0.2, 0.25) is 0 Å². The molecule has 0 saturated carbocycles. The van der Waals surface area contributed by atoms with Crippen LogP contribution in [-0.4, -0.2) is 36.1 Å². The molecule has 0 aliphatic carbocycles. The van der Waals surface area contributed by atoms with Gasteiger partial charge in [0.15, 0.2) is 0 Å². The molecule has 0 radical (unpaired) electrons. The number of nitrogens with zero attached hydrogens (tertiary/aromatic N) is 2. The third-order valence-electron chi connectivity index (χ3n) is 4.55. The number of halogens is 1. The van der Waals surface area contributed by atoms with Gasteiger partial charge in [0.2, 0.25) is 0 Å². The summed E-state index contributed by atoms with van der Waals surface area (Å²) in [5, 5.41) is 1.26. The summed E-state index contributed by atoms with van der Waals surface area (Å²) in [5.41, 5.74) is 3.15. The molecule has 0 unspecified atom stereocenters. The molecular weight excluding hydrogens is 289 g/mol. The Kier molecular flexibility index (Phi) is 3.75. The van der Waals surface area contributed by atoms with Gasteiger partial charge in [0, 0.05) is 43.9 Å². The van der Waals surface area contributed by atoms with Gasteiger partial charge in [0.25, 0.3) is 0 Å². The van der Waals surface area contributed by atoms with E-state index >= 15 is 0 Å². The maximum absolute atomic E-state index is 13.9. The molecule has 0 spiro atoms. The number of nitrogens with one attached hydrogen (secondary N) is 1. The molecule has 23 heavy (non-hydrogen) atoms. The normalized spacial score (nSPS) is 16.1. The molecule has 0 amide bonds. The number of aromatic nitrogens is 1. The average molecular weight is 309 g/mol. The molecule has 1 aliphatic rings. The van der Waals surface area contributed by atoms with Crippen molar-refractivity contribution in [2.75, 3.05) is 31.1 Å². The van der Waals surface area contributed by atoms with E-state index in [-0.39, 0.29) is 5.82 Å². The van der Waals surface area contributed by atoms with Crippen molar-refractivity contribution in [2.45, 2.75) is 6.54 Å². The maximum atomic E-state index is 13.9. The highest BCUT2D eigenvalue weighted by molar-refractivity contribution is 5.80. The second-order valence-electron chi connectivity index (χ2n) is 6.10. The lowest BCUT2D eigenvalue weighted by molar-refractivity contribution is 0.247. The molecule has 4 rings (SSSR count). The third-order valence-corrected chi connectivity index (χ3v) is 4.55. The first-order chi connectivity index (χ1) is 11.3. The first-order valence-electron chi connectivity index (χ1n) is 8.08. The van der Waals surface area contributed by atoms with Gasteiger partial charge in [0.1, 0.15) is 5.82 Å². The average Bonchev–Trinajstić information content (AvgIpc) is 2.98. The zero-order chi connectivity index (χ0) is 15.6. The molecule has 0 atom stereocenters. The molecular formula is C19H20FN3. The highest BCUT2D eigenvalue weighted by atomic mass is 19.1. The van der Waals surface area contributed by atoms with Crippen molar-refractivity contribution in [1.29, 1.82) is 0 Å². The molecule has 1 fully saturated rings. The van der Waals surface area contributed by atoms with Crippen LogP contribution in [0.3, 0.4) is 0 Å². The second-order valence-corrected chi connectivity index (χ2v) is 6.10. The number of benzene rings is 2. The van der Waals surface area contributed by atoms with Gasteiger partial charge in [0.05, 0.1) is 5.69 Å². The van der Waals surface area contributed by atoms with E-state index in [4.69, 9.17) is 0 Å². The van der Waals surface area contributed by atoms with Crippen LogP contribution in [0.4, 0.5) is 10.1 Å². The number of rotatable bonds is 3.